The van der Waals surface area contributed by atoms with E-state index in [9.17, 15) is 4.79 Å². The molecule has 0 spiro atoms. The van der Waals surface area contributed by atoms with Crippen LogP contribution in [0.5, 0.6) is 0 Å². The highest BCUT2D eigenvalue weighted by molar-refractivity contribution is 7.98. The van der Waals surface area contributed by atoms with Crippen LogP contribution >= 0.6 is 32.8 Å². The van der Waals surface area contributed by atoms with Gasteiger partial charge < -0.3 is 5.11 Å². The van der Waals surface area contributed by atoms with Crippen molar-refractivity contribution in [3.63, 3.8) is 0 Å². The van der Waals surface area contributed by atoms with Gasteiger partial charge in [0.25, 0.3) is 0 Å². The van der Waals surface area contributed by atoms with Crippen molar-refractivity contribution < 1.29 is 9.90 Å². The van der Waals surface area contributed by atoms with Gasteiger partial charge in [-0.25, -0.2) is 8.14 Å². The van der Waals surface area contributed by atoms with Gasteiger partial charge in [-0.3, -0.25) is 0 Å². The minimum Gasteiger partial charge on any atom is -0.480 e. The van der Waals surface area contributed by atoms with Crippen molar-refractivity contribution in [3.8, 4) is 0 Å². The maximum absolute atomic E-state index is 10.6. The molecule has 0 aromatic carbocycles. The van der Waals surface area contributed by atoms with Crippen molar-refractivity contribution >= 4 is 38.8 Å². The van der Waals surface area contributed by atoms with Crippen molar-refractivity contribution in [2.75, 3.05) is 12.0 Å². The van der Waals surface area contributed by atoms with Crippen molar-refractivity contribution in [1.29, 1.82) is 0 Å². The average molecular weight is 211 g/mol. The third-order valence-corrected chi connectivity index (χ3v) is 3.73. The van der Waals surface area contributed by atoms with Crippen LogP contribution in [0.1, 0.15) is 12.5 Å². The first-order valence-corrected chi connectivity index (χ1v) is 6.57. The lowest BCUT2D eigenvalue weighted by Crippen LogP contribution is -2.14. The number of carbonyl (C=O) groups is 1. The molecule has 0 aliphatic rings. The lowest BCUT2D eigenvalue weighted by molar-refractivity contribution is -0.140. The van der Waals surface area contributed by atoms with Crippen molar-refractivity contribution in [3.05, 3.63) is 0 Å². The molecule has 1 aromatic heterocycles. The summed E-state index contributed by atoms with van der Waals surface area (Å²) in [5.41, 5.74) is 0. The van der Waals surface area contributed by atoms with E-state index in [4.69, 9.17) is 5.11 Å². The molecule has 1 N–H and O–H groups in total. The number of rotatable bonds is 5. The second kappa shape index (κ2) is 4.18. The molecule has 0 bridgehead atoms. The molecule has 1 atom stereocenters. The molecule has 0 radical (unpaired) electrons. The number of thioether (sulfide) groups is 1. The minimum atomic E-state index is -0.712. The minimum absolute atomic E-state index is 0.294. The highest BCUT2D eigenvalue weighted by Gasteiger charge is 2.22. The molecule has 1 unspecified atom stereocenters. The van der Waals surface area contributed by atoms with Gasteiger partial charge in [0.1, 0.15) is 0 Å². The highest BCUT2D eigenvalue weighted by Crippen LogP contribution is 2.28. The first-order valence-electron chi connectivity index (χ1n) is 3.11. The van der Waals surface area contributed by atoms with Gasteiger partial charge in [0.05, 0.1) is 0 Å². The zero-order valence-corrected chi connectivity index (χ0v) is 8.47. The molecule has 3 nitrogen and oxygen atoms in total. The number of carboxylic acids is 1. The van der Waals surface area contributed by atoms with Crippen molar-refractivity contribution in [2.45, 2.75) is 12.5 Å². The van der Waals surface area contributed by atoms with Crippen LogP contribution in [-0.4, -0.2) is 26.4 Å². The molecule has 1 heterocycles. The Morgan fingerprint density at radius 3 is 2.73 bits per heavy atom. The second-order valence-electron chi connectivity index (χ2n) is 2.07. The van der Waals surface area contributed by atoms with E-state index in [0.29, 0.717) is 0 Å². The second-order valence-corrected chi connectivity index (χ2v) is 5.27. The fraction of sp³-hybridized carbons (Fsp3) is 0.800. The van der Waals surface area contributed by atoms with Crippen LogP contribution in [0.15, 0.2) is 0 Å². The molecule has 6 heteroatoms. The zero-order chi connectivity index (χ0) is 8.27. The van der Waals surface area contributed by atoms with E-state index in [2.05, 4.69) is 0 Å². The van der Waals surface area contributed by atoms with Crippen LogP contribution in [0.2, 0.25) is 0 Å². The molecule has 0 saturated heterocycles. The quantitative estimate of drug-likeness (QED) is 0.757. The van der Waals surface area contributed by atoms with Gasteiger partial charge in [-0.05, 0) is 18.4 Å². The maximum atomic E-state index is 10.6. The summed E-state index contributed by atoms with van der Waals surface area (Å²) in [6, 6.07) is -0.294. The number of nitrogens with zero attached hydrogens (tertiary/aromatic N) is 1. The SMILES string of the molecule is CSCCC(C(=O)O)n1ss1. The monoisotopic (exact) mass is 211 g/mol. The Hall–Kier alpha value is 0.0600. The van der Waals surface area contributed by atoms with Crippen LogP contribution in [0.3, 0.4) is 0 Å². The summed E-state index contributed by atoms with van der Waals surface area (Å²) < 4.78 is 1.82. The van der Waals surface area contributed by atoms with E-state index in [1.807, 2.05) is 9.60 Å². The van der Waals surface area contributed by atoms with Gasteiger partial charge in [0, 0.05) is 21.1 Å². The summed E-state index contributed by atoms with van der Waals surface area (Å²) in [6.45, 7) is 0. The summed E-state index contributed by atoms with van der Waals surface area (Å²) in [7, 11) is 3.03. The summed E-state index contributed by atoms with van der Waals surface area (Å²) in [5.74, 6) is 0.200. The van der Waals surface area contributed by atoms with Crippen molar-refractivity contribution in [2.24, 2.45) is 0 Å². The lowest BCUT2D eigenvalue weighted by atomic mass is 10.2. The zero-order valence-electron chi connectivity index (χ0n) is 6.02. The fourth-order valence-corrected chi connectivity index (χ4v) is 2.51. The van der Waals surface area contributed by atoms with E-state index in [1.165, 1.54) is 21.1 Å². The third-order valence-electron chi connectivity index (χ3n) is 1.30. The van der Waals surface area contributed by atoms with E-state index in [-0.39, 0.29) is 6.04 Å². The number of aliphatic carboxylic acids is 1. The van der Waals surface area contributed by atoms with Gasteiger partial charge in [-0.15, -0.1) is 0 Å². The molecular weight excluding hydrogens is 202 g/mol. The standard InChI is InChI=1S/C5H9NO2S3/c1-9-3-2-4(5(7)8)6-10-11-6/h4H,2-3H2,1H3,(H,7,8). The Balaban J connectivity index is 2.36. The fourth-order valence-electron chi connectivity index (χ4n) is 0.672. The van der Waals surface area contributed by atoms with Crippen LogP contribution in [0, 0.1) is 0 Å². The molecule has 11 heavy (non-hydrogen) atoms. The van der Waals surface area contributed by atoms with E-state index in [0.717, 1.165) is 12.2 Å². The van der Waals surface area contributed by atoms with Gasteiger partial charge >= 0.3 is 5.97 Å². The lowest BCUT2D eigenvalue weighted by Gasteiger charge is -2.04. The van der Waals surface area contributed by atoms with Crippen LogP contribution in [0.4, 0.5) is 0 Å². The topological polar surface area (TPSA) is 42.2 Å². The normalized spacial score (nSPS) is 13.5. The van der Waals surface area contributed by atoms with Crippen LogP contribution < -0.4 is 0 Å². The Morgan fingerprint density at radius 2 is 2.36 bits per heavy atom. The molecule has 1 aromatic rings. The first-order chi connectivity index (χ1) is 5.25. The van der Waals surface area contributed by atoms with Gasteiger partial charge in [-0.2, -0.15) is 11.8 Å². The Morgan fingerprint density at radius 1 is 1.73 bits per heavy atom. The summed E-state index contributed by atoms with van der Waals surface area (Å²) in [4.78, 5) is 10.6. The molecule has 0 amide bonds. The summed E-state index contributed by atoms with van der Waals surface area (Å²) >= 11 is 1.68. The van der Waals surface area contributed by atoms with Gasteiger partial charge in [-0.1, -0.05) is 0 Å². The summed E-state index contributed by atoms with van der Waals surface area (Å²) in [6.07, 6.45) is 2.72. The number of aromatic nitrogens is 1. The van der Waals surface area contributed by atoms with E-state index >= 15 is 0 Å². The molecule has 64 valence electrons. The molecule has 0 saturated carbocycles. The molecular formula is C5H9NO2S3. The number of hydrogen-bond donors (Lipinski definition) is 1. The molecule has 0 aliphatic heterocycles. The first kappa shape index (κ1) is 9.15. The summed E-state index contributed by atoms with van der Waals surface area (Å²) in [5, 5.41) is 8.73. The number of carboxylic acid groups (broad SMARTS) is 1. The largest absolute Gasteiger partial charge is 0.480 e. The molecule has 1 rings (SSSR count). The Kier molecular flexibility index (Phi) is 3.47. The Bertz CT molecular complexity index is 206. The average Bonchev–Trinajstić information content (AvgIpc) is 2.71. The van der Waals surface area contributed by atoms with Crippen molar-refractivity contribution in [1.82, 2.24) is 3.35 Å². The Labute approximate surface area is 76.7 Å². The van der Waals surface area contributed by atoms with Gasteiger partial charge in [0.15, 0.2) is 6.04 Å². The molecule has 0 fully saturated rings. The van der Waals surface area contributed by atoms with E-state index < -0.39 is 5.97 Å². The number of hydrogen-bond acceptors (Lipinski definition) is 4. The van der Waals surface area contributed by atoms with Gasteiger partial charge in [0.2, 0.25) is 0 Å². The molecule has 0 aliphatic carbocycles. The predicted octanol–water partition coefficient (Wildman–Crippen LogP) is 1.99. The predicted molar refractivity (Wildman–Crippen MR) is 49.9 cm³/mol. The smallest absolute Gasteiger partial charge is 0.328 e. The van der Waals surface area contributed by atoms with Crippen LogP contribution in [-0.2, 0) is 4.79 Å². The van der Waals surface area contributed by atoms with Crippen LogP contribution in [0.25, 0.3) is 0 Å². The highest BCUT2D eigenvalue weighted by atomic mass is 33.0. The third kappa shape index (κ3) is 2.88. The van der Waals surface area contributed by atoms with E-state index in [1.54, 1.807) is 11.8 Å². The maximum Gasteiger partial charge on any atom is 0.328 e.